The van der Waals surface area contributed by atoms with E-state index in [0.717, 1.165) is 18.4 Å². The maximum Gasteiger partial charge on any atom is 0.246 e. The number of aromatic nitrogens is 1. The molecule has 19 heavy (non-hydrogen) atoms. The fraction of sp³-hybridized carbons (Fsp3) is 0.533. The molecule has 0 aliphatic rings. The standard InChI is InChI=1S/C15H21N3O/c1-4-8-15(11-16,9-5-2)14(19)18-13-12(3)7-6-10-17-13/h6-7,10H,4-5,8-9H2,1-3H3,(H,17,18,19). The van der Waals surface area contributed by atoms with E-state index in [0.29, 0.717) is 18.7 Å². The van der Waals surface area contributed by atoms with E-state index in [4.69, 9.17) is 0 Å². The molecule has 0 spiro atoms. The average Bonchev–Trinajstić information content (AvgIpc) is 2.41. The van der Waals surface area contributed by atoms with Crippen molar-refractivity contribution < 1.29 is 4.79 Å². The first kappa shape index (κ1) is 15.2. The number of hydrogen-bond acceptors (Lipinski definition) is 3. The Morgan fingerprint density at radius 2 is 2.05 bits per heavy atom. The summed E-state index contributed by atoms with van der Waals surface area (Å²) in [5, 5.41) is 12.2. The Bertz CT molecular complexity index is 471. The Kier molecular flexibility index (Phi) is 5.50. The number of aryl methyl sites for hydroxylation is 1. The van der Waals surface area contributed by atoms with Gasteiger partial charge in [-0.05, 0) is 31.4 Å². The molecule has 0 atom stereocenters. The molecule has 0 saturated heterocycles. The average molecular weight is 259 g/mol. The third kappa shape index (κ3) is 3.54. The molecule has 0 unspecified atom stereocenters. The maximum absolute atomic E-state index is 12.4. The summed E-state index contributed by atoms with van der Waals surface area (Å²) in [6.07, 6.45) is 4.41. The summed E-state index contributed by atoms with van der Waals surface area (Å²) in [6, 6.07) is 5.92. The SMILES string of the molecule is CCCC(C#N)(CCC)C(=O)Nc1ncccc1C. The summed E-state index contributed by atoms with van der Waals surface area (Å²) < 4.78 is 0. The molecule has 0 aliphatic carbocycles. The van der Waals surface area contributed by atoms with Gasteiger partial charge in [0.15, 0.2) is 0 Å². The molecule has 0 aliphatic heterocycles. The van der Waals surface area contributed by atoms with E-state index in [9.17, 15) is 10.1 Å². The second-order valence-electron chi connectivity index (χ2n) is 4.82. The Hall–Kier alpha value is -1.89. The van der Waals surface area contributed by atoms with E-state index >= 15 is 0 Å². The first-order valence-electron chi connectivity index (χ1n) is 6.74. The number of amides is 1. The lowest BCUT2D eigenvalue weighted by molar-refractivity contribution is -0.123. The predicted octanol–water partition coefficient (Wildman–Crippen LogP) is 3.44. The molecule has 1 heterocycles. The fourth-order valence-corrected chi connectivity index (χ4v) is 2.21. The van der Waals surface area contributed by atoms with Crippen LogP contribution in [0.5, 0.6) is 0 Å². The van der Waals surface area contributed by atoms with Crippen molar-refractivity contribution in [2.45, 2.75) is 46.5 Å². The summed E-state index contributed by atoms with van der Waals surface area (Å²) in [5.41, 5.74) is -0.0383. The molecule has 4 heteroatoms. The van der Waals surface area contributed by atoms with Crippen molar-refractivity contribution >= 4 is 11.7 Å². The van der Waals surface area contributed by atoms with Gasteiger partial charge in [-0.2, -0.15) is 5.26 Å². The molecule has 0 radical (unpaired) electrons. The van der Waals surface area contributed by atoms with Crippen molar-refractivity contribution in [3.8, 4) is 6.07 Å². The van der Waals surface area contributed by atoms with Crippen LogP contribution in [0.25, 0.3) is 0 Å². The number of nitrogens with zero attached hydrogens (tertiary/aromatic N) is 2. The van der Waals surface area contributed by atoms with Crippen LogP contribution in [0.2, 0.25) is 0 Å². The van der Waals surface area contributed by atoms with E-state index in [1.165, 1.54) is 0 Å². The Balaban J connectivity index is 2.95. The van der Waals surface area contributed by atoms with Crippen molar-refractivity contribution in [1.82, 2.24) is 4.98 Å². The van der Waals surface area contributed by atoms with Crippen LogP contribution >= 0.6 is 0 Å². The molecule has 0 aromatic carbocycles. The zero-order chi connectivity index (χ0) is 14.3. The van der Waals surface area contributed by atoms with E-state index in [2.05, 4.69) is 16.4 Å². The minimum atomic E-state index is -0.937. The highest BCUT2D eigenvalue weighted by Crippen LogP contribution is 2.30. The number of carbonyl (C=O) groups is 1. The first-order valence-corrected chi connectivity index (χ1v) is 6.74. The van der Waals surface area contributed by atoms with E-state index in [-0.39, 0.29) is 5.91 Å². The van der Waals surface area contributed by atoms with Crippen LogP contribution in [0, 0.1) is 23.7 Å². The van der Waals surface area contributed by atoms with E-state index in [1.807, 2.05) is 32.9 Å². The Morgan fingerprint density at radius 3 is 2.53 bits per heavy atom. The lowest BCUT2D eigenvalue weighted by Crippen LogP contribution is -2.35. The number of carbonyl (C=O) groups excluding carboxylic acids is 1. The van der Waals surface area contributed by atoms with Crippen LogP contribution in [-0.4, -0.2) is 10.9 Å². The van der Waals surface area contributed by atoms with Gasteiger partial charge in [0, 0.05) is 6.20 Å². The number of nitriles is 1. The molecule has 102 valence electrons. The van der Waals surface area contributed by atoms with Crippen molar-refractivity contribution in [3.05, 3.63) is 23.9 Å². The van der Waals surface area contributed by atoms with Crippen LogP contribution in [0.1, 0.15) is 45.1 Å². The quantitative estimate of drug-likeness (QED) is 0.851. The number of hydrogen-bond donors (Lipinski definition) is 1. The topological polar surface area (TPSA) is 65.8 Å². The van der Waals surface area contributed by atoms with Crippen molar-refractivity contribution in [2.24, 2.45) is 5.41 Å². The maximum atomic E-state index is 12.4. The van der Waals surface area contributed by atoms with Crippen molar-refractivity contribution in [3.63, 3.8) is 0 Å². The summed E-state index contributed by atoms with van der Waals surface area (Å²) in [5.74, 6) is 0.305. The molecule has 1 aromatic rings. The Labute approximate surface area is 114 Å². The van der Waals surface area contributed by atoms with E-state index in [1.54, 1.807) is 6.20 Å². The monoisotopic (exact) mass is 259 g/mol. The summed E-state index contributed by atoms with van der Waals surface area (Å²) in [4.78, 5) is 16.6. The molecule has 4 nitrogen and oxygen atoms in total. The molecule has 0 bridgehead atoms. The largest absolute Gasteiger partial charge is 0.309 e. The lowest BCUT2D eigenvalue weighted by atomic mass is 9.80. The second-order valence-corrected chi connectivity index (χ2v) is 4.82. The van der Waals surface area contributed by atoms with Gasteiger partial charge in [-0.1, -0.05) is 32.8 Å². The van der Waals surface area contributed by atoms with Gasteiger partial charge < -0.3 is 5.32 Å². The van der Waals surface area contributed by atoms with Crippen molar-refractivity contribution in [2.75, 3.05) is 5.32 Å². The van der Waals surface area contributed by atoms with Gasteiger partial charge in [-0.25, -0.2) is 4.98 Å². The molecular weight excluding hydrogens is 238 g/mol. The third-order valence-electron chi connectivity index (χ3n) is 3.24. The predicted molar refractivity (Wildman–Crippen MR) is 75.5 cm³/mol. The van der Waals surface area contributed by atoms with Crippen LogP contribution in [0.3, 0.4) is 0 Å². The molecule has 0 saturated carbocycles. The van der Waals surface area contributed by atoms with Crippen molar-refractivity contribution in [1.29, 1.82) is 5.26 Å². The summed E-state index contributed by atoms with van der Waals surface area (Å²) in [6.45, 7) is 5.86. The minimum Gasteiger partial charge on any atom is -0.309 e. The lowest BCUT2D eigenvalue weighted by Gasteiger charge is -2.24. The zero-order valence-corrected chi connectivity index (χ0v) is 11.9. The van der Waals surface area contributed by atoms with Gasteiger partial charge in [-0.3, -0.25) is 4.79 Å². The smallest absolute Gasteiger partial charge is 0.246 e. The van der Waals surface area contributed by atoms with E-state index < -0.39 is 5.41 Å². The first-order chi connectivity index (χ1) is 9.09. The summed E-state index contributed by atoms with van der Waals surface area (Å²) >= 11 is 0. The molecule has 1 rings (SSSR count). The molecule has 1 amide bonds. The number of anilines is 1. The Morgan fingerprint density at radius 1 is 1.42 bits per heavy atom. The highest BCUT2D eigenvalue weighted by molar-refractivity contribution is 5.96. The van der Waals surface area contributed by atoms with Gasteiger partial charge >= 0.3 is 0 Å². The fourth-order valence-electron chi connectivity index (χ4n) is 2.21. The number of nitrogens with one attached hydrogen (secondary N) is 1. The third-order valence-corrected chi connectivity index (χ3v) is 3.24. The number of rotatable bonds is 6. The second kappa shape index (κ2) is 6.89. The van der Waals surface area contributed by atoms with Crippen LogP contribution < -0.4 is 5.32 Å². The molecule has 1 aromatic heterocycles. The highest BCUT2D eigenvalue weighted by atomic mass is 16.2. The molecular formula is C15H21N3O. The molecule has 1 N–H and O–H groups in total. The minimum absolute atomic E-state index is 0.236. The van der Waals surface area contributed by atoms with Gasteiger partial charge in [0.1, 0.15) is 11.2 Å². The van der Waals surface area contributed by atoms with Crippen LogP contribution in [0.4, 0.5) is 5.82 Å². The molecule has 0 fully saturated rings. The summed E-state index contributed by atoms with van der Waals surface area (Å²) in [7, 11) is 0. The van der Waals surface area contributed by atoms with Gasteiger partial charge in [-0.15, -0.1) is 0 Å². The normalized spacial score (nSPS) is 10.8. The van der Waals surface area contributed by atoms with Crippen LogP contribution in [0.15, 0.2) is 18.3 Å². The van der Waals surface area contributed by atoms with Gasteiger partial charge in [0.05, 0.1) is 6.07 Å². The van der Waals surface area contributed by atoms with Gasteiger partial charge in [0.2, 0.25) is 5.91 Å². The number of pyridine rings is 1. The van der Waals surface area contributed by atoms with Crippen LogP contribution in [-0.2, 0) is 4.79 Å². The highest BCUT2D eigenvalue weighted by Gasteiger charge is 2.37. The zero-order valence-electron chi connectivity index (χ0n) is 11.9. The van der Waals surface area contributed by atoms with Gasteiger partial charge in [0.25, 0.3) is 0 Å².